The van der Waals surface area contributed by atoms with Crippen LogP contribution in [0, 0.1) is 26.8 Å². The average molecular weight is 214 g/mol. The standard InChI is InChI=1S/C14H16NO/c1-9-5-6-12(16-4)7-13(9)14-10(2)8-15-11(14)3/h5,7-8,15H,1-4H3. The SMILES string of the molecule is COc1[c]cc(C)c(-c2c(C)c[nH]c2C)c1. The van der Waals surface area contributed by atoms with Crippen molar-refractivity contribution in [2.24, 2.45) is 0 Å². The van der Waals surface area contributed by atoms with Crippen LogP contribution in [0.25, 0.3) is 11.1 Å². The molecule has 0 amide bonds. The van der Waals surface area contributed by atoms with E-state index in [9.17, 15) is 0 Å². The van der Waals surface area contributed by atoms with Gasteiger partial charge in [0.2, 0.25) is 0 Å². The molecule has 2 heteroatoms. The normalized spacial score (nSPS) is 10.5. The van der Waals surface area contributed by atoms with Crippen molar-refractivity contribution in [1.82, 2.24) is 4.98 Å². The minimum Gasteiger partial charge on any atom is -0.496 e. The number of aromatic amines is 1. The van der Waals surface area contributed by atoms with Crippen molar-refractivity contribution in [3.05, 3.63) is 41.2 Å². The van der Waals surface area contributed by atoms with E-state index in [0.29, 0.717) is 0 Å². The average Bonchev–Trinajstić information content (AvgIpc) is 2.60. The second-order valence-electron chi connectivity index (χ2n) is 4.07. The van der Waals surface area contributed by atoms with E-state index in [2.05, 4.69) is 31.8 Å². The Labute approximate surface area is 96.3 Å². The molecule has 0 saturated heterocycles. The molecule has 1 N–H and O–H groups in total. The zero-order valence-electron chi connectivity index (χ0n) is 10.1. The van der Waals surface area contributed by atoms with Crippen LogP contribution in [-0.4, -0.2) is 12.1 Å². The number of rotatable bonds is 2. The molecule has 0 spiro atoms. The van der Waals surface area contributed by atoms with Gasteiger partial charge in [-0.25, -0.2) is 0 Å². The third-order valence-electron chi connectivity index (χ3n) is 2.89. The smallest absolute Gasteiger partial charge is 0.127 e. The number of hydrogen-bond acceptors (Lipinski definition) is 1. The number of nitrogens with one attached hydrogen (secondary N) is 1. The summed E-state index contributed by atoms with van der Waals surface area (Å²) in [5.41, 5.74) is 6.14. The van der Waals surface area contributed by atoms with Gasteiger partial charge in [-0.05, 0) is 49.6 Å². The highest BCUT2D eigenvalue weighted by Gasteiger charge is 2.10. The van der Waals surface area contributed by atoms with Crippen LogP contribution >= 0.6 is 0 Å². The molecule has 1 aromatic carbocycles. The van der Waals surface area contributed by atoms with Crippen LogP contribution in [0.1, 0.15) is 16.8 Å². The zero-order valence-corrected chi connectivity index (χ0v) is 10.1. The first kappa shape index (κ1) is 10.8. The molecule has 0 bridgehead atoms. The number of ether oxygens (including phenoxy) is 1. The maximum absolute atomic E-state index is 5.22. The Morgan fingerprint density at radius 1 is 1.19 bits per heavy atom. The quantitative estimate of drug-likeness (QED) is 0.814. The molecular weight excluding hydrogens is 198 g/mol. The van der Waals surface area contributed by atoms with Gasteiger partial charge in [0.05, 0.1) is 7.11 Å². The minimum atomic E-state index is 0.778. The fourth-order valence-corrected chi connectivity index (χ4v) is 2.00. The fraction of sp³-hybridized carbons (Fsp3) is 0.286. The highest BCUT2D eigenvalue weighted by molar-refractivity contribution is 5.73. The van der Waals surface area contributed by atoms with Gasteiger partial charge in [-0.3, -0.25) is 0 Å². The van der Waals surface area contributed by atoms with Gasteiger partial charge in [-0.15, -0.1) is 0 Å². The molecule has 0 saturated carbocycles. The van der Waals surface area contributed by atoms with Crippen molar-refractivity contribution < 1.29 is 4.74 Å². The molecule has 2 rings (SSSR count). The van der Waals surface area contributed by atoms with Gasteiger partial charge in [-0.1, -0.05) is 0 Å². The van der Waals surface area contributed by atoms with Gasteiger partial charge in [0.15, 0.2) is 0 Å². The van der Waals surface area contributed by atoms with Crippen molar-refractivity contribution in [1.29, 1.82) is 0 Å². The van der Waals surface area contributed by atoms with E-state index in [0.717, 1.165) is 5.75 Å². The lowest BCUT2D eigenvalue weighted by Crippen LogP contribution is -1.89. The first-order valence-corrected chi connectivity index (χ1v) is 5.34. The van der Waals surface area contributed by atoms with Crippen LogP contribution < -0.4 is 4.74 Å². The Morgan fingerprint density at radius 3 is 2.50 bits per heavy atom. The summed E-state index contributed by atoms with van der Waals surface area (Å²) in [5.74, 6) is 0.778. The molecule has 0 aliphatic carbocycles. The minimum absolute atomic E-state index is 0.778. The molecule has 0 fully saturated rings. The maximum Gasteiger partial charge on any atom is 0.127 e. The predicted molar refractivity (Wildman–Crippen MR) is 65.8 cm³/mol. The highest BCUT2D eigenvalue weighted by Crippen LogP contribution is 2.31. The summed E-state index contributed by atoms with van der Waals surface area (Å²) < 4.78 is 5.22. The third-order valence-corrected chi connectivity index (χ3v) is 2.89. The molecule has 0 unspecified atom stereocenters. The largest absolute Gasteiger partial charge is 0.496 e. The molecule has 2 nitrogen and oxygen atoms in total. The Bertz CT molecular complexity index is 492. The summed E-state index contributed by atoms with van der Waals surface area (Å²) in [6.07, 6.45) is 2.04. The highest BCUT2D eigenvalue weighted by atomic mass is 16.5. The van der Waals surface area contributed by atoms with Crippen LogP contribution in [0.5, 0.6) is 5.75 Å². The fourth-order valence-electron chi connectivity index (χ4n) is 2.00. The summed E-state index contributed by atoms with van der Waals surface area (Å²) in [5, 5.41) is 0. The summed E-state index contributed by atoms with van der Waals surface area (Å²) in [6, 6.07) is 7.11. The molecule has 16 heavy (non-hydrogen) atoms. The van der Waals surface area contributed by atoms with E-state index in [-0.39, 0.29) is 0 Å². The van der Waals surface area contributed by atoms with Crippen molar-refractivity contribution in [2.45, 2.75) is 20.8 Å². The summed E-state index contributed by atoms with van der Waals surface area (Å²) in [4.78, 5) is 3.25. The van der Waals surface area contributed by atoms with E-state index >= 15 is 0 Å². The number of hydrogen-bond donors (Lipinski definition) is 1. The van der Waals surface area contributed by atoms with Crippen molar-refractivity contribution in [3.63, 3.8) is 0 Å². The Kier molecular flexibility index (Phi) is 2.73. The van der Waals surface area contributed by atoms with Gasteiger partial charge in [0.1, 0.15) is 5.75 Å². The molecular formula is C14H16NO. The Balaban J connectivity index is 2.63. The van der Waals surface area contributed by atoms with E-state index in [1.165, 1.54) is 27.9 Å². The van der Waals surface area contributed by atoms with Crippen LogP contribution in [0.4, 0.5) is 0 Å². The number of benzene rings is 1. The first-order valence-electron chi connectivity index (χ1n) is 5.34. The molecule has 1 aromatic heterocycles. The Hall–Kier alpha value is -1.70. The van der Waals surface area contributed by atoms with Crippen molar-refractivity contribution >= 4 is 0 Å². The second kappa shape index (κ2) is 4.05. The number of aryl methyl sites for hydroxylation is 3. The molecule has 2 aromatic rings. The summed E-state index contributed by atoms with van der Waals surface area (Å²) in [7, 11) is 1.67. The van der Waals surface area contributed by atoms with Gasteiger partial charge >= 0.3 is 0 Å². The van der Waals surface area contributed by atoms with Gasteiger partial charge in [0.25, 0.3) is 0 Å². The maximum atomic E-state index is 5.22. The number of H-pyrrole nitrogens is 1. The zero-order chi connectivity index (χ0) is 11.7. The molecule has 0 aliphatic rings. The van der Waals surface area contributed by atoms with Gasteiger partial charge in [-0.2, -0.15) is 0 Å². The molecule has 1 heterocycles. The van der Waals surface area contributed by atoms with Crippen LogP contribution in [0.2, 0.25) is 0 Å². The number of methoxy groups -OCH3 is 1. The van der Waals surface area contributed by atoms with Gasteiger partial charge in [0, 0.05) is 23.5 Å². The topological polar surface area (TPSA) is 25.0 Å². The molecule has 0 aliphatic heterocycles. The lowest BCUT2D eigenvalue weighted by atomic mass is 9.98. The van der Waals surface area contributed by atoms with Crippen LogP contribution in [0.15, 0.2) is 18.3 Å². The lowest BCUT2D eigenvalue weighted by Gasteiger charge is -2.09. The van der Waals surface area contributed by atoms with Crippen molar-refractivity contribution in [2.75, 3.05) is 7.11 Å². The van der Waals surface area contributed by atoms with Crippen LogP contribution in [0.3, 0.4) is 0 Å². The number of aromatic nitrogens is 1. The molecule has 1 radical (unpaired) electrons. The first-order chi connectivity index (χ1) is 7.63. The lowest BCUT2D eigenvalue weighted by molar-refractivity contribution is 0.414. The summed E-state index contributed by atoms with van der Waals surface area (Å²) in [6.45, 7) is 6.30. The van der Waals surface area contributed by atoms with Crippen LogP contribution in [-0.2, 0) is 0 Å². The second-order valence-corrected chi connectivity index (χ2v) is 4.07. The Morgan fingerprint density at radius 2 is 1.94 bits per heavy atom. The monoisotopic (exact) mass is 214 g/mol. The van der Waals surface area contributed by atoms with E-state index in [1.54, 1.807) is 7.11 Å². The predicted octanol–water partition coefficient (Wildman–Crippen LogP) is 3.42. The summed E-state index contributed by atoms with van der Waals surface area (Å²) >= 11 is 0. The van der Waals surface area contributed by atoms with Crippen molar-refractivity contribution in [3.8, 4) is 16.9 Å². The molecule has 0 atom stereocenters. The third kappa shape index (κ3) is 1.71. The van der Waals surface area contributed by atoms with Gasteiger partial charge < -0.3 is 9.72 Å². The van der Waals surface area contributed by atoms with E-state index in [4.69, 9.17) is 4.74 Å². The molecule has 83 valence electrons. The van der Waals surface area contributed by atoms with E-state index < -0.39 is 0 Å². The van der Waals surface area contributed by atoms with E-state index in [1.807, 2.05) is 18.3 Å².